The zero-order chi connectivity index (χ0) is 11.5. The lowest BCUT2D eigenvalue weighted by Gasteiger charge is -2.15. The van der Waals surface area contributed by atoms with E-state index in [0.717, 1.165) is 19.3 Å². The quantitative estimate of drug-likeness (QED) is 0.581. The third-order valence-electron chi connectivity index (χ3n) is 2.35. The Morgan fingerprint density at radius 3 is 2.47 bits per heavy atom. The fraction of sp³-hybridized carbons (Fsp3) is 0.909. The first-order chi connectivity index (χ1) is 7.20. The number of amides is 1. The highest BCUT2D eigenvalue weighted by Crippen LogP contribution is 2.12. The second-order valence-corrected chi connectivity index (χ2v) is 3.77. The Kier molecular flexibility index (Phi) is 9.27. The average molecular weight is 217 g/mol. The Morgan fingerprint density at radius 2 is 1.93 bits per heavy atom. The molecule has 0 aliphatic heterocycles. The molecule has 1 amide bonds. The lowest BCUT2D eigenvalue weighted by atomic mass is 10.1. The number of carbonyl (C=O) groups excluding carboxylic acids is 1. The van der Waals surface area contributed by atoms with Crippen LogP contribution in [0.25, 0.3) is 0 Å². The normalized spacial score (nSPS) is 12.4. The van der Waals surface area contributed by atoms with Gasteiger partial charge < -0.3 is 15.6 Å². The van der Waals surface area contributed by atoms with Crippen LogP contribution < -0.4 is 5.73 Å². The van der Waals surface area contributed by atoms with Gasteiger partial charge in [0, 0.05) is 6.61 Å². The molecule has 3 N–H and O–H groups in total. The molecule has 4 nitrogen and oxygen atoms in total. The molecule has 4 heteroatoms. The summed E-state index contributed by atoms with van der Waals surface area (Å²) in [6.45, 7) is 2.29. The minimum absolute atomic E-state index is 0.119. The molecule has 0 spiro atoms. The molecule has 0 saturated heterocycles. The van der Waals surface area contributed by atoms with Gasteiger partial charge in [-0.1, -0.05) is 26.2 Å². The number of hydrogen-bond acceptors (Lipinski definition) is 3. The number of carbonyl (C=O) groups is 1. The first-order valence-corrected chi connectivity index (χ1v) is 5.77. The molecular weight excluding hydrogens is 194 g/mol. The highest BCUT2D eigenvalue weighted by Gasteiger charge is 2.11. The molecule has 15 heavy (non-hydrogen) atoms. The molecule has 0 aliphatic rings. The summed E-state index contributed by atoms with van der Waals surface area (Å²) in [7, 11) is 0. The monoisotopic (exact) mass is 217 g/mol. The van der Waals surface area contributed by atoms with E-state index in [9.17, 15) is 4.79 Å². The lowest BCUT2D eigenvalue weighted by molar-refractivity contribution is 0.0886. The van der Waals surface area contributed by atoms with Crippen molar-refractivity contribution in [2.75, 3.05) is 6.61 Å². The van der Waals surface area contributed by atoms with Gasteiger partial charge in [0.05, 0.1) is 0 Å². The van der Waals surface area contributed by atoms with Crippen LogP contribution in [0.5, 0.6) is 0 Å². The van der Waals surface area contributed by atoms with E-state index < -0.39 is 6.09 Å². The Bertz CT molecular complexity index is 162. The zero-order valence-corrected chi connectivity index (χ0v) is 9.58. The van der Waals surface area contributed by atoms with Gasteiger partial charge in [0.1, 0.15) is 6.10 Å². The maximum Gasteiger partial charge on any atom is 0.404 e. The van der Waals surface area contributed by atoms with Gasteiger partial charge >= 0.3 is 6.09 Å². The van der Waals surface area contributed by atoms with E-state index in [4.69, 9.17) is 15.6 Å². The molecule has 1 unspecified atom stereocenters. The second-order valence-electron chi connectivity index (χ2n) is 3.77. The summed E-state index contributed by atoms with van der Waals surface area (Å²) in [6.07, 6.45) is 5.99. The van der Waals surface area contributed by atoms with Crippen molar-refractivity contribution in [1.29, 1.82) is 0 Å². The van der Waals surface area contributed by atoms with E-state index in [1.54, 1.807) is 0 Å². The van der Waals surface area contributed by atoms with E-state index in [2.05, 4.69) is 6.92 Å². The third-order valence-corrected chi connectivity index (χ3v) is 2.35. The standard InChI is InChI=1S/C11H23NO3/c1-2-3-4-5-7-10(8-6-9-13)15-11(12)14/h10,13H,2-9H2,1H3,(H2,12,14). The van der Waals surface area contributed by atoms with Crippen molar-refractivity contribution in [3.05, 3.63) is 0 Å². The van der Waals surface area contributed by atoms with Crippen LogP contribution in [0.2, 0.25) is 0 Å². The Hall–Kier alpha value is -0.770. The number of unbranched alkanes of at least 4 members (excludes halogenated alkanes) is 3. The Labute approximate surface area is 91.8 Å². The van der Waals surface area contributed by atoms with Crippen molar-refractivity contribution in [2.24, 2.45) is 5.73 Å². The SMILES string of the molecule is CCCCCCC(CCCO)OC(N)=O. The largest absolute Gasteiger partial charge is 0.446 e. The van der Waals surface area contributed by atoms with Gasteiger partial charge in [0.25, 0.3) is 0 Å². The molecule has 0 heterocycles. The summed E-state index contributed by atoms with van der Waals surface area (Å²) in [5.74, 6) is 0. The number of ether oxygens (including phenoxy) is 1. The first-order valence-electron chi connectivity index (χ1n) is 5.77. The van der Waals surface area contributed by atoms with Crippen molar-refractivity contribution in [1.82, 2.24) is 0 Å². The molecule has 0 fully saturated rings. The van der Waals surface area contributed by atoms with Gasteiger partial charge in [-0.25, -0.2) is 4.79 Å². The first kappa shape index (κ1) is 14.2. The molecule has 0 radical (unpaired) electrons. The van der Waals surface area contributed by atoms with Crippen LogP contribution >= 0.6 is 0 Å². The molecule has 0 aromatic rings. The average Bonchev–Trinajstić information content (AvgIpc) is 2.19. The third kappa shape index (κ3) is 9.53. The van der Waals surface area contributed by atoms with Crippen LogP contribution in [-0.2, 0) is 4.74 Å². The number of primary amides is 1. The van der Waals surface area contributed by atoms with Crippen LogP contribution in [-0.4, -0.2) is 23.9 Å². The van der Waals surface area contributed by atoms with Crippen LogP contribution in [0.1, 0.15) is 51.9 Å². The van der Waals surface area contributed by atoms with Crippen molar-refractivity contribution in [2.45, 2.75) is 58.0 Å². The molecule has 0 saturated carbocycles. The topological polar surface area (TPSA) is 72.6 Å². The smallest absolute Gasteiger partial charge is 0.404 e. The van der Waals surface area contributed by atoms with Crippen LogP contribution in [0.3, 0.4) is 0 Å². The Morgan fingerprint density at radius 1 is 1.27 bits per heavy atom. The molecule has 1 atom stereocenters. The van der Waals surface area contributed by atoms with Crippen LogP contribution in [0.4, 0.5) is 4.79 Å². The van der Waals surface area contributed by atoms with Gasteiger partial charge in [-0.15, -0.1) is 0 Å². The zero-order valence-electron chi connectivity index (χ0n) is 9.58. The van der Waals surface area contributed by atoms with E-state index >= 15 is 0 Å². The highest BCUT2D eigenvalue weighted by molar-refractivity contribution is 5.64. The maximum absolute atomic E-state index is 10.6. The van der Waals surface area contributed by atoms with Gasteiger partial charge in [-0.3, -0.25) is 0 Å². The minimum atomic E-state index is -0.714. The fourth-order valence-corrected chi connectivity index (χ4v) is 1.54. The summed E-state index contributed by atoms with van der Waals surface area (Å²) in [4.78, 5) is 10.6. The molecule has 0 aromatic carbocycles. The van der Waals surface area contributed by atoms with E-state index in [-0.39, 0.29) is 12.7 Å². The molecule has 0 aliphatic carbocycles. The minimum Gasteiger partial charge on any atom is -0.446 e. The molecule has 90 valence electrons. The van der Waals surface area contributed by atoms with Crippen molar-refractivity contribution >= 4 is 6.09 Å². The predicted octanol–water partition coefficient (Wildman–Crippen LogP) is 2.19. The fourth-order valence-electron chi connectivity index (χ4n) is 1.54. The molecule has 0 rings (SSSR count). The molecule has 0 aromatic heterocycles. The van der Waals surface area contributed by atoms with Crippen molar-refractivity contribution < 1.29 is 14.6 Å². The molecule has 0 bridgehead atoms. The van der Waals surface area contributed by atoms with E-state index in [1.165, 1.54) is 12.8 Å². The summed E-state index contributed by atoms with van der Waals surface area (Å²) >= 11 is 0. The summed E-state index contributed by atoms with van der Waals surface area (Å²) < 4.78 is 4.96. The van der Waals surface area contributed by atoms with Crippen LogP contribution in [0.15, 0.2) is 0 Å². The predicted molar refractivity (Wildman–Crippen MR) is 59.5 cm³/mol. The van der Waals surface area contributed by atoms with Gasteiger partial charge in [-0.2, -0.15) is 0 Å². The number of rotatable bonds is 9. The second kappa shape index (κ2) is 9.77. The highest BCUT2D eigenvalue weighted by atomic mass is 16.6. The number of nitrogens with two attached hydrogens (primary N) is 1. The van der Waals surface area contributed by atoms with Gasteiger partial charge in [-0.05, 0) is 25.7 Å². The van der Waals surface area contributed by atoms with Crippen molar-refractivity contribution in [3.8, 4) is 0 Å². The number of hydrogen-bond donors (Lipinski definition) is 2. The van der Waals surface area contributed by atoms with Gasteiger partial charge in [0.2, 0.25) is 0 Å². The van der Waals surface area contributed by atoms with Crippen LogP contribution in [0, 0.1) is 0 Å². The van der Waals surface area contributed by atoms with E-state index in [0.29, 0.717) is 12.8 Å². The summed E-state index contributed by atoms with van der Waals surface area (Å²) in [6, 6.07) is 0. The van der Waals surface area contributed by atoms with Gasteiger partial charge in [0.15, 0.2) is 0 Å². The summed E-state index contributed by atoms with van der Waals surface area (Å²) in [5, 5.41) is 8.69. The summed E-state index contributed by atoms with van der Waals surface area (Å²) in [5.41, 5.74) is 4.97. The van der Waals surface area contributed by atoms with E-state index in [1.807, 2.05) is 0 Å². The van der Waals surface area contributed by atoms with Crippen molar-refractivity contribution in [3.63, 3.8) is 0 Å². The number of aliphatic hydroxyl groups excluding tert-OH is 1. The molecular formula is C11H23NO3. The maximum atomic E-state index is 10.6. The lowest BCUT2D eigenvalue weighted by Crippen LogP contribution is -2.23. The number of aliphatic hydroxyl groups is 1. The Balaban J connectivity index is 3.64.